The van der Waals surface area contributed by atoms with Gasteiger partial charge in [0.15, 0.2) is 9.84 Å². The van der Waals surface area contributed by atoms with E-state index in [1.807, 2.05) is 60.7 Å². The molecule has 1 unspecified atom stereocenters. The van der Waals surface area contributed by atoms with Crippen LogP contribution in [0, 0.1) is 0 Å². The second-order valence-electron chi connectivity index (χ2n) is 6.94. The van der Waals surface area contributed by atoms with Crippen molar-refractivity contribution in [2.75, 3.05) is 12.3 Å². The van der Waals surface area contributed by atoms with Crippen LogP contribution in [-0.4, -0.2) is 31.4 Å². The molecule has 0 spiro atoms. The molecule has 0 aliphatic rings. The van der Waals surface area contributed by atoms with Crippen LogP contribution in [0.15, 0.2) is 65.6 Å². The summed E-state index contributed by atoms with van der Waals surface area (Å²) in [5.74, 6) is -0.256. The van der Waals surface area contributed by atoms with E-state index < -0.39 is 19.8 Å². The van der Waals surface area contributed by atoms with Crippen molar-refractivity contribution in [3.8, 4) is 0 Å². The number of thioether (sulfide) groups is 1. The molecule has 2 aromatic rings. The minimum Gasteiger partial charge on any atom is -0.354 e. The van der Waals surface area contributed by atoms with Crippen LogP contribution in [0.4, 0.5) is 0 Å². The Morgan fingerprint density at radius 3 is 2.08 bits per heavy atom. The Labute approximate surface area is 160 Å². The number of carbonyl (C=O) groups excluding carboxylic acids is 1. The Morgan fingerprint density at radius 2 is 1.54 bits per heavy atom. The summed E-state index contributed by atoms with van der Waals surface area (Å²) in [6, 6.07) is 19.2. The quantitative estimate of drug-likeness (QED) is 0.728. The predicted octanol–water partition coefficient (Wildman–Crippen LogP) is 3.85. The molecule has 26 heavy (non-hydrogen) atoms. The molecular formula is C20H25NO3S2. The van der Waals surface area contributed by atoms with Gasteiger partial charge in [-0.05, 0) is 38.5 Å². The van der Waals surface area contributed by atoms with Gasteiger partial charge in [0.25, 0.3) is 0 Å². The lowest BCUT2D eigenvalue weighted by Gasteiger charge is -2.20. The maximum absolute atomic E-state index is 12.8. The summed E-state index contributed by atoms with van der Waals surface area (Å²) in [6.45, 7) is 5.11. The predicted molar refractivity (Wildman–Crippen MR) is 108 cm³/mol. The first-order valence-corrected chi connectivity index (χ1v) is 11.0. The highest BCUT2D eigenvalue weighted by Gasteiger charge is 2.29. The van der Waals surface area contributed by atoms with Crippen LogP contribution >= 0.6 is 11.8 Å². The van der Waals surface area contributed by atoms with Gasteiger partial charge in [0.05, 0.1) is 10.5 Å². The maximum Gasteiger partial charge on any atom is 0.238 e. The highest BCUT2D eigenvalue weighted by molar-refractivity contribution is 8.00. The van der Waals surface area contributed by atoms with E-state index in [0.717, 1.165) is 10.5 Å². The van der Waals surface area contributed by atoms with Crippen LogP contribution in [-0.2, 0) is 14.6 Å². The minimum atomic E-state index is -3.26. The van der Waals surface area contributed by atoms with Crippen molar-refractivity contribution in [1.82, 2.24) is 5.32 Å². The molecule has 0 heterocycles. The molecule has 6 heteroatoms. The van der Waals surface area contributed by atoms with Gasteiger partial charge in [-0.1, -0.05) is 48.5 Å². The van der Waals surface area contributed by atoms with Crippen LogP contribution in [0.25, 0.3) is 0 Å². The summed E-state index contributed by atoms with van der Waals surface area (Å²) < 4.78 is 23.6. The molecular weight excluding hydrogens is 366 g/mol. The molecule has 4 nitrogen and oxygen atoms in total. The number of sulfone groups is 1. The average Bonchev–Trinajstić information content (AvgIpc) is 2.60. The van der Waals surface area contributed by atoms with E-state index in [1.54, 1.807) is 20.8 Å². The van der Waals surface area contributed by atoms with Crippen LogP contribution in [0.2, 0.25) is 0 Å². The average molecular weight is 392 g/mol. The summed E-state index contributed by atoms with van der Waals surface area (Å²) in [6.07, 6.45) is 0. The molecule has 0 aromatic heterocycles. The Bertz CT molecular complexity index is 813. The van der Waals surface area contributed by atoms with Gasteiger partial charge in [0, 0.05) is 11.4 Å². The molecule has 140 valence electrons. The number of amides is 1. The topological polar surface area (TPSA) is 63.2 Å². The lowest BCUT2D eigenvalue weighted by molar-refractivity contribution is -0.120. The van der Waals surface area contributed by atoms with Gasteiger partial charge in [-0.2, -0.15) is 0 Å². The van der Waals surface area contributed by atoms with E-state index in [1.165, 1.54) is 11.8 Å². The molecule has 0 aliphatic carbocycles. The maximum atomic E-state index is 12.8. The third kappa shape index (κ3) is 5.61. The van der Waals surface area contributed by atoms with Gasteiger partial charge in [0.2, 0.25) is 5.91 Å². The number of hydrogen-bond acceptors (Lipinski definition) is 4. The fourth-order valence-electron chi connectivity index (χ4n) is 2.24. The number of carbonyl (C=O) groups is 1. The van der Waals surface area contributed by atoms with Crippen molar-refractivity contribution in [3.05, 3.63) is 66.2 Å². The second-order valence-corrected chi connectivity index (χ2v) is 11.0. The van der Waals surface area contributed by atoms with Gasteiger partial charge < -0.3 is 5.32 Å². The summed E-state index contributed by atoms with van der Waals surface area (Å²) in [7, 11) is -3.26. The van der Waals surface area contributed by atoms with Crippen molar-refractivity contribution in [1.29, 1.82) is 0 Å². The van der Waals surface area contributed by atoms with Crippen molar-refractivity contribution in [2.24, 2.45) is 0 Å². The molecule has 1 atom stereocenters. The highest BCUT2D eigenvalue weighted by atomic mass is 32.2. The van der Waals surface area contributed by atoms with Crippen molar-refractivity contribution >= 4 is 27.5 Å². The number of rotatable bonds is 7. The van der Waals surface area contributed by atoms with Crippen molar-refractivity contribution in [2.45, 2.75) is 35.7 Å². The van der Waals surface area contributed by atoms with E-state index in [4.69, 9.17) is 0 Å². The van der Waals surface area contributed by atoms with Crippen molar-refractivity contribution < 1.29 is 13.2 Å². The first-order chi connectivity index (χ1) is 12.2. The Morgan fingerprint density at radius 1 is 1.00 bits per heavy atom. The summed E-state index contributed by atoms with van der Waals surface area (Å²) in [5.41, 5.74) is 0.887. The monoisotopic (exact) mass is 391 g/mol. The number of hydrogen-bond donors (Lipinski definition) is 1. The highest BCUT2D eigenvalue weighted by Crippen LogP contribution is 2.35. The summed E-state index contributed by atoms with van der Waals surface area (Å²) >= 11 is 1.45. The van der Waals surface area contributed by atoms with Crippen LogP contribution in [0.1, 0.15) is 31.6 Å². The number of benzene rings is 2. The first-order valence-electron chi connectivity index (χ1n) is 8.47. The fraction of sp³-hybridized carbons (Fsp3) is 0.350. The molecule has 0 fully saturated rings. The summed E-state index contributed by atoms with van der Waals surface area (Å²) in [5, 5.41) is 2.36. The first kappa shape index (κ1) is 20.5. The zero-order chi connectivity index (χ0) is 19.2. The van der Waals surface area contributed by atoms with Gasteiger partial charge >= 0.3 is 0 Å². The van der Waals surface area contributed by atoms with E-state index in [2.05, 4.69) is 5.32 Å². The molecule has 0 saturated carbocycles. The molecule has 2 aromatic carbocycles. The van der Waals surface area contributed by atoms with Crippen molar-refractivity contribution in [3.63, 3.8) is 0 Å². The summed E-state index contributed by atoms with van der Waals surface area (Å²) in [4.78, 5) is 13.7. The lowest BCUT2D eigenvalue weighted by Crippen LogP contribution is -2.37. The molecule has 0 radical (unpaired) electrons. The molecule has 2 rings (SSSR count). The minimum absolute atomic E-state index is 0.0697. The molecule has 0 aliphatic heterocycles. The van der Waals surface area contributed by atoms with Gasteiger partial charge in [-0.25, -0.2) is 8.42 Å². The third-order valence-electron chi connectivity index (χ3n) is 3.94. The van der Waals surface area contributed by atoms with Crippen LogP contribution < -0.4 is 5.32 Å². The normalized spacial score (nSPS) is 13.2. The third-order valence-corrected chi connectivity index (χ3v) is 7.81. The zero-order valence-electron chi connectivity index (χ0n) is 15.3. The second kappa shape index (κ2) is 8.73. The molecule has 1 amide bonds. The standard InChI is InChI=1S/C20H25NO3S2/c1-20(2,3)26(23,24)15-14-21-19(22)18(16-10-6-4-7-11-16)25-17-12-8-5-9-13-17/h4-13,18H,14-15H2,1-3H3,(H,21,22). The van der Waals surface area contributed by atoms with Crippen LogP contribution in [0.5, 0.6) is 0 Å². The Kier molecular flexibility index (Phi) is 6.89. The zero-order valence-corrected chi connectivity index (χ0v) is 16.9. The number of nitrogens with one attached hydrogen (secondary N) is 1. The van der Waals surface area contributed by atoms with Gasteiger partial charge in [-0.15, -0.1) is 11.8 Å². The van der Waals surface area contributed by atoms with E-state index in [9.17, 15) is 13.2 Å². The van der Waals surface area contributed by atoms with E-state index in [0.29, 0.717) is 0 Å². The molecule has 1 N–H and O–H groups in total. The van der Waals surface area contributed by atoms with E-state index in [-0.39, 0.29) is 18.2 Å². The van der Waals surface area contributed by atoms with Gasteiger partial charge in [0.1, 0.15) is 5.25 Å². The molecule has 0 bridgehead atoms. The SMILES string of the molecule is CC(C)(C)S(=O)(=O)CCNC(=O)C(Sc1ccccc1)c1ccccc1. The fourth-order valence-corrected chi connectivity index (χ4v) is 4.30. The smallest absolute Gasteiger partial charge is 0.238 e. The Balaban J connectivity index is 2.09. The largest absolute Gasteiger partial charge is 0.354 e. The lowest BCUT2D eigenvalue weighted by atomic mass is 10.1. The Hall–Kier alpha value is -1.79. The molecule has 0 saturated heterocycles. The van der Waals surface area contributed by atoms with Gasteiger partial charge in [-0.3, -0.25) is 4.79 Å². The van der Waals surface area contributed by atoms with Crippen LogP contribution in [0.3, 0.4) is 0 Å². The van der Waals surface area contributed by atoms with E-state index >= 15 is 0 Å².